The van der Waals surface area contributed by atoms with Crippen molar-refractivity contribution in [2.24, 2.45) is 0 Å². The van der Waals surface area contributed by atoms with Gasteiger partial charge in [-0.25, -0.2) is 0 Å². The first-order chi connectivity index (χ1) is 12.4. The minimum Gasteiger partial charge on any atom is -0.501 e. The first-order valence-electron chi connectivity index (χ1n) is 9.19. The molecule has 0 aromatic heterocycles. The maximum Gasteiger partial charge on any atom is 0.120 e. The van der Waals surface area contributed by atoms with Crippen LogP contribution >= 0.6 is 0 Å². The largest absolute Gasteiger partial charge is 0.501 e. The number of hydrogen-bond donors (Lipinski definition) is 0. The molecule has 140 valence electrons. The van der Waals surface area contributed by atoms with Crippen molar-refractivity contribution in [1.82, 2.24) is 0 Å². The van der Waals surface area contributed by atoms with Crippen LogP contribution in [0.1, 0.15) is 51.7 Å². The highest BCUT2D eigenvalue weighted by Crippen LogP contribution is 2.18. The van der Waals surface area contributed by atoms with Gasteiger partial charge in [-0.1, -0.05) is 68.5 Å². The molecule has 0 aliphatic carbocycles. The zero-order valence-corrected chi connectivity index (χ0v) is 16.6. The molecule has 0 saturated heterocycles. The minimum absolute atomic E-state index is 0.129. The highest BCUT2D eigenvalue weighted by molar-refractivity contribution is 5.48. The average Bonchev–Trinajstić information content (AvgIpc) is 2.62. The van der Waals surface area contributed by atoms with Crippen molar-refractivity contribution in [3.63, 3.8) is 0 Å². The SMILES string of the molecule is C=Cc1ccc(OC(C)(C)C)cc1.CCCCOC=Cc1ccccc1. The van der Waals surface area contributed by atoms with Crippen molar-refractivity contribution in [3.8, 4) is 5.75 Å². The molecule has 0 saturated carbocycles. The molecule has 0 aliphatic rings. The maximum atomic E-state index is 5.67. The van der Waals surface area contributed by atoms with E-state index in [2.05, 4.69) is 25.6 Å². The topological polar surface area (TPSA) is 18.5 Å². The van der Waals surface area contributed by atoms with Crippen LogP contribution in [0.3, 0.4) is 0 Å². The third-order valence-corrected chi connectivity index (χ3v) is 3.31. The molecule has 0 bridgehead atoms. The third-order valence-electron chi connectivity index (χ3n) is 3.31. The van der Waals surface area contributed by atoms with Gasteiger partial charge in [-0.15, -0.1) is 0 Å². The summed E-state index contributed by atoms with van der Waals surface area (Å²) in [4.78, 5) is 0. The number of hydrogen-bond acceptors (Lipinski definition) is 2. The number of rotatable bonds is 7. The van der Waals surface area contributed by atoms with Crippen LogP contribution in [0, 0.1) is 0 Å². The van der Waals surface area contributed by atoms with Crippen molar-refractivity contribution >= 4 is 12.2 Å². The van der Waals surface area contributed by atoms with Crippen LogP contribution in [0.2, 0.25) is 0 Å². The van der Waals surface area contributed by atoms with E-state index in [4.69, 9.17) is 9.47 Å². The lowest BCUT2D eigenvalue weighted by Crippen LogP contribution is -2.22. The van der Waals surface area contributed by atoms with Crippen molar-refractivity contribution in [2.75, 3.05) is 6.61 Å². The molecule has 0 radical (unpaired) electrons. The fraction of sp³-hybridized carbons (Fsp3) is 0.333. The van der Waals surface area contributed by atoms with Crippen LogP contribution in [0.4, 0.5) is 0 Å². The van der Waals surface area contributed by atoms with Gasteiger partial charge in [0.25, 0.3) is 0 Å². The molecular formula is C24H32O2. The molecule has 0 spiro atoms. The lowest BCUT2D eigenvalue weighted by Gasteiger charge is -2.21. The van der Waals surface area contributed by atoms with Crippen LogP contribution < -0.4 is 4.74 Å². The summed E-state index contributed by atoms with van der Waals surface area (Å²) in [7, 11) is 0. The Labute approximate surface area is 159 Å². The fourth-order valence-electron chi connectivity index (χ4n) is 2.01. The second-order valence-corrected chi connectivity index (χ2v) is 6.93. The van der Waals surface area contributed by atoms with Gasteiger partial charge in [-0.05, 0) is 56.5 Å². The molecule has 0 fully saturated rings. The van der Waals surface area contributed by atoms with Crippen molar-refractivity contribution < 1.29 is 9.47 Å². The first kappa shape index (κ1) is 21.6. The summed E-state index contributed by atoms with van der Waals surface area (Å²) >= 11 is 0. The number of unbranched alkanes of at least 4 members (excludes halogenated alkanes) is 1. The molecule has 2 aromatic rings. The normalized spacial score (nSPS) is 10.8. The van der Waals surface area contributed by atoms with E-state index in [0.29, 0.717) is 0 Å². The van der Waals surface area contributed by atoms with Gasteiger partial charge < -0.3 is 9.47 Å². The molecule has 0 heterocycles. The summed E-state index contributed by atoms with van der Waals surface area (Å²) in [5, 5.41) is 0. The average molecular weight is 353 g/mol. The number of benzene rings is 2. The van der Waals surface area contributed by atoms with Gasteiger partial charge in [-0.2, -0.15) is 0 Å². The van der Waals surface area contributed by atoms with Crippen molar-refractivity contribution in [1.29, 1.82) is 0 Å². The van der Waals surface area contributed by atoms with Gasteiger partial charge in [0.2, 0.25) is 0 Å². The Balaban J connectivity index is 0.000000260. The van der Waals surface area contributed by atoms with Gasteiger partial charge in [0.1, 0.15) is 11.4 Å². The molecule has 2 nitrogen and oxygen atoms in total. The van der Waals surface area contributed by atoms with Crippen molar-refractivity contribution in [3.05, 3.63) is 78.6 Å². The molecule has 0 amide bonds. The highest BCUT2D eigenvalue weighted by atomic mass is 16.5. The molecule has 0 N–H and O–H groups in total. The van der Waals surface area contributed by atoms with E-state index in [-0.39, 0.29) is 5.60 Å². The first-order valence-corrected chi connectivity index (χ1v) is 9.19. The predicted molar refractivity (Wildman–Crippen MR) is 113 cm³/mol. The Morgan fingerprint density at radius 2 is 1.58 bits per heavy atom. The van der Waals surface area contributed by atoms with Crippen LogP contribution in [0.15, 0.2) is 67.4 Å². The molecule has 2 heteroatoms. The van der Waals surface area contributed by atoms with E-state index in [1.807, 2.05) is 75.4 Å². The van der Waals surface area contributed by atoms with Crippen LogP contribution in [-0.4, -0.2) is 12.2 Å². The molecule has 0 unspecified atom stereocenters. The van der Waals surface area contributed by atoms with Crippen molar-refractivity contribution in [2.45, 2.75) is 46.1 Å². The van der Waals surface area contributed by atoms with Crippen LogP contribution in [-0.2, 0) is 4.74 Å². The van der Waals surface area contributed by atoms with Gasteiger partial charge in [-0.3, -0.25) is 0 Å². The van der Waals surface area contributed by atoms with E-state index in [1.54, 1.807) is 6.26 Å². The molecule has 2 rings (SSSR count). The smallest absolute Gasteiger partial charge is 0.120 e. The Hall–Kier alpha value is -2.48. The lowest BCUT2D eigenvalue weighted by atomic mass is 10.2. The Morgan fingerprint density at radius 3 is 2.12 bits per heavy atom. The highest BCUT2D eigenvalue weighted by Gasteiger charge is 2.10. The number of ether oxygens (including phenoxy) is 2. The van der Waals surface area contributed by atoms with E-state index >= 15 is 0 Å². The monoisotopic (exact) mass is 352 g/mol. The minimum atomic E-state index is -0.129. The molecule has 0 aliphatic heterocycles. The second-order valence-electron chi connectivity index (χ2n) is 6.93. The van der Waals surface area contributed by atoms with E-state index in [9.17, 15) is 0 Å². The summed E-state index contributed by atoms with van der Waals surface area (Å²) in [6, 6.07) is 18.1. The third kappa shape index (κ3) is 10.4. The molecule has 0 atom stereocenters. The second kappa shape index (κ2) is 12.0. The standard InChI is InChI=1S/2C12H16O/c1-5-10-6-8-11(9-7-10)13-12(2,3)4;1-2-3-10-13-11-9-12-7-5-4-6-8-12/h5-9H,1H2,2-4H3;4-9,11H,2-3,10H2,1H3. The molecule has 26 heavy (non-hydrogen) atoms. The van der Waals surface area contributed by atoms with E-state index < -0.39 is 0 Å². The van der Waals surface area contributed by atoms with Gasteiger partial charge in [0.15, 0.2) is 0 Å². The summed E-state index contributed by atoms with van der Waals surface area (Å²) in [6.07, 6.45) is 7.87. The molecular weight excluding hydrogens is 320 g/mol. The Bertz CT molecular complexity index is 634. The van der Waals surface area contributed by atoms with Gasteiger partial charge in [0, 0.05) is 0 Å². The van der Waals surface area contributed by atoms with E-state index in [0.717, 1.165) is 24.3 Å². The van der Waals surface area contributed by atoms with E-state index in [1.165, 1.54) is 12.0 Å². The maximum absolute atomic E-state index is 5.67. The van der Waals surface area contributed by atoms with Crippen LogP contribution in [0.5, 0.6) is 5.75 Å². The summed E-state index contributed by atoms with van der Waals surface area (Å²) in [6.45, 7) is 12.8. The van der Waals surface area contributed by atoms with Crippen LogP contribution in [0.25, 0.3) is 12.2 Å². The zero-order valence-electron chi connectivity index (χ0n) is 16.6. The Kier molecular flexibility index (Phi) is 9.93. The summed E-state index contributed by atoms with van der Waals surface area (Å²) in [5.41, 5.74) is 2.16. The van der Waals surface area contributed by atoms with Gasteiger partial charge >= 0.3 is 0 Å². The van der Waals surface area contributed by atoms with Gasteiger partial charge in [0.05, 0.1) is 12.9 Å². The quantitative estimate of drug-likeness (QED) is 0.395. The predicted octanol–water partition coefficient (Wildman–Crippen LogP) is 6.98. The Morgan fingerprint density at radius 1 is 0.923 bits per heavy atom. The molecule has 2 aromatic carbocycles. The summed E-state index contributed by atoms with van der Waals surface area (Å²) in [5.74, 6) is 0.901. The zero-order chi connectivity index (χ0) is 19.3. The fourth-order valence-corrected chi connectivity index (χ4v) is 2.01. The lowest BCUT2D eigenvalue weighted by molar-refractivity contribution is 0.131. The summed E-state index contributed by atoms with van der Waals surface area (Å²) < 4.78 is 11.0.